The average molecular weight is 324 g/mol. The molecule has 0 saturated carbocycles. The number of benzene rings is 1. The number of carbonyl (C=O) groups is 1. The summed E-state index contributed by atoms with van der Waals surface area (Å²) in [5.41, 5.74) is -4.88. The molecule has 108 valence electrons. The molecule has 0 aliphatic carbocycles. The van der Waals surface area contributed by atoms with Gasteiger partial charge in [0.15, 0.2) is 0 Å². The number of carbonyl (C=O) groups excluding carboxylic acids is 1. The lowest BCUT2D eigenvalue weighted by molar-refractivity contribution is -0.0328. The number of hydrogen-bond acceptors (Lipinski definition) is 4. The van der Waals surface area contributed by atoms with Gasteiger partial charge in [-0.3, -0.25) is 0 Å². The van der Waals surface area contributed by atoms with Gasteiger partial charge in [-0.05, 0) is 30.3 Å². The molecule has 20 heavy (non-hydrogen) atoms. The summed E-state index contributed by atoms with van der Waals surface area (Å²) >= 11 is 5.19. The first kappa shape index (κ1) is 16.7. The van der Waals surface area contributed by atoms with Gasteiger partial charge in [-0.2, -0.15) is 18.4 Å². The van der Waals surface area contributed by atoms with Gasteiger partial charge in [0.1, 0.15) is 6.07 Å². The first-order valence-corrected chi connectivity index (χ1v) is 6.74. The Balaban J connectivity index is 3.41. The van der Waals surface area contributed by atoms with E-state index in [1.54, 1.807) is 13.0 Å². The fourth-order valence-corrected chi connectivity index (χ4v) is 2.35. The van der Waals surface area contributed by atoms with Gasteiger partial charge in [-0.25, -0.2) is 4.79 Å². The molecule has 0 aliphatic heterocycles. The minimum Gasteiger partial charge on any atom is -0.462 e. The minimum absolute atomic E-state index is 0.0437. The van der Waals surface area contributed by atoms with Crippen LogP contribution in [0.3, 0.4) is 0 Å². The number of hydrogen-bond donors (Lipinski definition) is 0. The van der Waals surface area contributed by atoms with Gasteiger partial charge < -0.3 is 4.74 Å². The van der Waals surface area contributed by atoms with Crippen molar-refractivity contribution in [1.29, 1.82) is 5.26 Å². The van der Waals surface area contributed by atoms with E-state index in [2.05, 4.69) is 0 Å². The third kappa shape index (κ3) is 4.05. The van der Waals surface area contributed by atoms with Crippen molar-refractivity contribution in [2.75, 3.05) is 6.61 Å². The number of ether oxygens (including phenoxy) is 1. The maximum Gasteiger partial charge on any atom is 0.446 e. The SMILES string of the molecule is CCOC(=O)c1c(CCl)ccc(SC(F)(F)F)c1C#N. The van der Waals surface area contributed by atoms with E-state index in [9.17, 15) is 18.0 Å². The summed E-state index contributed by atoms with van der Waals surface area (Å²) < 4.78 is 42.1. The minimum atomic E-state index is -4.56. The van der Waals surface area contributed by atoms with Crippen molar-refractivity contribution in [3.63, 3.8) is 0 Å². The maximum atomic E-state index is 12.4. The Hall–Kier alpha value is -1.39. The van der Waals surface area contributed by atoms with E-state index in [1.165, 1.54) is 6.07 Å². The number of esters is 1. The monoisotopic (exact) mass is 323 g/mol. The molecule has 0 heterocycles. The molecular formula is C12H9ClF3NO2S. The lowest BCUT2D eigenvalue weighted by atomic mass is 10.0. The second-order valence-corrected chi connectivity index (χ2v) is 4.86. The zero-order valence-electron chi connectivity index (χ0n) is 10.3. The molecule has 3 nitrogen and oxygen atoms in total. The van der Waals surface area contributed by atoms with Crippen LogP contribution in [0.1, 0.15) is 28.4 Å². The van der Waals surface area contributed by atoms with Crippen LogP contribution in [0.15, 0.2) is 17.0 Å². The molecule has 8 heteroatoms. The molecule has 1 aromatic carbocycles. The molecule has 0 aliphatic rings. The second kappa shape index (κ2) is 6.86. The highest BCUT2D eigenvalue weighted by Gasteiger charge is 2.32. The summed E-state index contributed by atoms with van der Waals surface area (Å²) in [5.74, 6) is -0.968. The molecule has 0 radical (unpaired) electrons. The second-order valence-electron chi connectivity index (χ2n) is 3.49. The summed E-state index contributed by atoms with van der Waals surface area (Å²) in [7, 11) is 0. The van der Waals surface area contributed by atoms with Gasteiger partial charge in [-0.15, -0.1) is 11.6 Å². The van der Waals surface area contributed by atoms with E-state index in [0.717, 1.165) is 6.07 Å². The highest BCUT2D eigenvalue weighted by molar-refractivity contribution is 8.00. The van der Waals surface area contributed by atoms with Gasteiger partial charge in [0.25, 0.3) is 0 Å². The Kier molecular flexibility index (Phi) is 5.72. The lowest BCUT2D eigenvalue weighted by Crippen LogP contribution is -2.12. The molecule has 1 rings (SSSR count). The van der Waals surface area contributed by atoms with E-state index >= 15 is 0 Å². The van der Waals surface area contributed by atoms with E-state index < -0.39 is 23.2 Å². The molecule has 0 unspecified atom stereocenters. The van der Waals surface area contributed by atoms with E-state index in [0.29, 0.717) is 0 Å². The summed E-state index contributed by atoms with van der Waals surface area (Å²) in [5, 5.41) is 9.05. The van der Waals surface area contributed by atoms with Crippen LogP contribution in [0.4, 0.5) is 13.2 Å². The molecular weight excluding hydrogens is 315 g/mol. The highest BCUT2D eigenvalue weighted by atomic mass is 35.5. The van der Waals surface area contributed by atoms with E-state index in [-0.39, 0.29) is 34.1 Å². The van der Waals surface area contributed by atoms with Crippen LogP contribution in [0.2, 0.25) is 0 Å². The normalized spacial score (nSPS) is 11.0. The molecule has 0 atom stereocenters. The Morgan fingerprint density at radius 2 is 2.15 bits per heavy atom. The van der Waals surface area contributed by atoms with Crippen LogP contribution in [0.25, 0.3) is 0 Å². The smallest absolute Gasteiger partial charge is 0.446 e. The van der Waals surface area contributed by atoms with Crippen molar-refractivity contribution in [2.45, 2.75) is 23.2 Å². The predicted octanol–water partition coefficient (Wildman–Crippen LogP) is 4.09. The van der Waals surface area contributed by atoms with E-state index in [1.807, 2.05) is 0 Å². The molecule has 0 N–H and O–H groups in total. The van der Waals surface area contributed by atoms with Crippen LogP contribution in [-0.4, -0.2) is 18.1 Å². The van der Waals surface area contributed by atoms with Gasteiger partial charge in [-0.1, -0.05) is 6.07 Å². The van der Waals surface area contributed by atoms with E-state index in [4.69, 9.17) is 21.6 Å². The standard InChI is InChI=1S/C12H9ClF3NO2S/c1-2-19-11(18)10-7(5-13)3-4-9(8(10)6-17)20-12(14,15)16/h3-4H,2,5H2,1H3. The molecule has 0 spiro atoms. The largest absolute Gasteiger partial charge is 0.462 e. The van der Waals surface area contributed by atoms with Crippen molar-refractivity contribution < 1.29 is 22.7 Å². The Morgan fingerprint density at radius 3 is 2.60 bits per heavy atom. The molecule has 0 bridgehead atoms. The summed E-state index contributed by atoms with van der Waals surface area (Å²) in [6, 6.07) is 4.03. The number of halogens is 4. The number of nitrogens with zero attached hydrogens (tertiary/aromatic N) is 1. The Morgan fingerprint density at radius 1 is 1.50 bits per heavy atom. The topological polar surface area (TPSA) is 50.1 Å². The molecule has 1 aromatic rings. The molecule has 0 fully saturated rings. The first-order chi connectivity index (χ1) is 9.34. The molecule has 0 aromatic heterocycles. The number of thioether (sulfide) groups is 1. The lowest BCUT2D eigenvalue weighted by Gasteiger charge is -2.13. The van der Waals surface area contributed by atoms with Crippen LogP contribution in [0.5, 0.6) is 0 Å². The van der Waals surface area contributed by atoms with Gasteiger partial charge in [0, 0.05) is 10.8 Å². The predicted molar refractivity (Wildman–Crippen MR) is 68.6 cm³/mol. The quantitative estimate of drug-likeness (QED) is 0.476. The summed E-state index contributed by atoms with van der Waals surface area (Å²) in [6.45, 7) is 1.60. The Bertz CT molecular complexity index is 555. The first-order valence-electron chi connectivity index (χ1n) is 5.38. The van der Waals surface area contributed by atoms with Crippen LogP contribution >= 0.6 is 23.4 Å². The fraction of sp³-hybridized carbons (Fsp3) is 0.333. The van der Waals surface area contributed by atoms with Gasteiger partial charge >= 0.3 is 11.5 Å². The zero-order valence-corrected chi connectivity index (χ0v) is 11.8. The van der Waals surface area contributed by atoms with Crippen molar-refractivity contribution in [1.82, 2.24) is 0 Å². The van der Waals surface area contributed by atoms with Crippen LogP contribution < -0.4 is 0 Å². The fourth-order valence-electron chi connectivity index (χ4n) is 1.50. The third-order valence-corrected chi connectivity index (χ3v) is 3.29. The number of rotatable bonds is 4. The maximum absolute atomic E-state index is 12.4. The zero-order chi connectivity index (χ0) is 15.3. The van der Waals surface area contributed by atoms with Crippen molar-refractivity contribution >= 4 is 29.3 Å². The van der Waals surface area contributed by atoms with Crippen LogP contribution in [0, 0.1) is 11.3 Å². The Labute approximate surface area is 122 Å². The van der Waals surface area contributed by atoms with Crippen molar-refractivity contribution in [2.24, 2.45) is 0 Å². The molecule has 0 amide bonds. The average Bonchev–Trinajstić information content (AvgIpc) is 2.36. The van der Waals surface area contributed by atoms with Crippen LogP contribution in [-0.2, 0) is 10.6 Å². The van der Waals surface area contributed by atoms with Crippen molar-refractivity contribution in [3.8, 4) is 6.07 Å². The molecule has 0 saturated heterocycles. The number of nitriles is 1. The summed E-state index contributed by atoms with van der Waals surface area (Å²) in [6.07, 6.45) is 0. The number of alkyl halides is 4. The van der Waals surface area contributed by atoms with Crippen molar-refractivity contribution in [3.05, 3.63) is 28.8 Å². The van der Waals surface area contributed by atoms with Gasteiger partial charge in [0.2, 0.25) is 0 Å². The highest BCUT2D eigenvalue weighted by Crippen LogP contribution is 2.40. The summed E-state index contributed by atoms with van der Waals surface area (Å²) in [4.78, 5) is 11.4. The van der Waals surface area contributed by atoms with Gasteiger partial charge in [0.05, 0.1) is 17.7 Å². The third-order valence-electron chi connectivity index (χ3n) is 2.21.